The number of hydrogen-bond donors (Lipinski definition) is 0. The number of aromatic nitrogens is 1. The Hall–Kier alpha value is -2.96. The van der Waals surface area contributed by atoms with E-state index in [2.05, 4.69) is 4.98 Å². The zero-order valence-corrected chi connectivity index (χ0v) is 14.5. The smallest absolute Gasteiger partial charge is 0.327 e. The van der Waals surface area contributed by atoms with Gasteiger partial charge < -0.3 is 9.64 Å². The molecule has 26 heavy (non-hydrogen) atoms. The van der Waals surface area contributed by atoms with Crippen molar-refractivity contribution in [1.82, 2.24) is 14.8 Å². The quantitative estimate of drug-likeness (QED) is 0.798. The lowest BCUT2D eigenvalue weighted by atomic mass is 10.2. The van der Waals surface area contributed by atoms with Crippen LogP contribution in [0.4, 0.5) is 9.18 Å². The fourth-order valence-electron chi connectivity index (χ4n) is 2.83. The van der Waals surface area contributed by atoms with Gasteiger partial charge in [-0.15, -0.1) is 0 Å². The number of halogens is 1. The van der Waals surface area contributed by atoms with Crippen LogP contribution in [0.1, 0.15) is 18.9 Å². The van der Waals surface area contributed by atoms with Gasteiger partial charge in [-0.1, -0.05) is 12.1 Å². The maximum absolute atomic E-state index is 13.7. The standard InChI is InChI=1S/C19H20FN3O3/c1-14(26-17-5-3-2-4-16(17)20)12-23-18(24)8-11-22(19(23)25)13-15-6-9-21-10-7-15/h2-7,9-10,14H,8,11-13H2,1H3. The van der Waals surface area contributed by atoms with Crippen molar-refractivity contribution in [2.24, 2.45) is 0 Å². The largest absolute Gasteiger partial charge is 0.486 e. The lowest BCUT2D eigenvalue weighted by Crippen LogP contribution is -2.54. The van der Waals surface area contributed by atoms with E-state index in [0.717, 1.165) is 5.56 Å². The molecule has 0 aliphatic carbocycles. The molecule has 3 rings (SSSR count). The molecule has 1 saturated heterocycles. The van der Waals surface area contributed by atoms with Gasteiger partial charge in [-0.3, -0.25) is 14.7 Å². The minimum atomic E-state index is -0.527. The van der Waals surface area contributed by atoms with Crippen molar-refractivity contribution in [1.29, 1.82) is 0 Å². The summed E-state index contributed by atoms with van der Waals surface area (Å²) in [5, 5.41) is 0. The Balaban J connectivity index is 1.64. The molecule has 1 fully saturated rings. The average molecular weight is 357 g/mol. The molecule has 7 heteroatoms. The van der Waals surface area contributed by atoms with Crippen molar-refractivity contribution in [3.63, 3.8) is 0 Å². The minimum absolute atomic E-state index is 0.0683. The van der Waals surface area contributed by atoms with E-state index in [4.69, 9.17) is 4.74 Å². The number of amides is 3. The lowest BCUT2D eigenvalue weighted by Gasteiger charge is -2.35. The Morgan fingerprint density at radius 2 is 1.92 bits per heavy atom. The van der Waals surface area contributed by atoms with Crippen LogP contribution in [0.15, 0.2) is 48.8 Å². The number of hydrogen-bond acceptors (Lipinski definition) is 4. The maximum Gasteiger partial charge on any atom is 0.327 e. The second kappa shape index (κ2) is 7.95. The molecule has 0 radical (unpaired) electrons. The van der Waals surface area contributed by atoms with Crippen molar-refractivity contribution in [2.45, 2.75) is 26.0 Å². The molecule has 2 heterocycles. The van der Waals surface area contributed by atoms with Crippen LogP contribution in [0.25, 0.3) is 0 Å². The number of pyridine rings is 1. The zero-order valence-electron chi connectivity index (χ0n) is 14.5. The molecule has 1 aliphatic rings. The van der Waals surface area contributed by atoms with Crippen LogP contribution in [0, 0.1) is 5.82 Å². The van der Waals surface area contributed by atoms with Crippen LogP contribution in [0.5, 0.6) is 5.75 Å². The molecular weight excluding hydrogens is 337 g/mol. The van der Waals surface area contributed by atoms with Gasteiger partial charge in [-0.25, -0.2) is 9.18 Å². The van der Waals surface area contributed by atoms with Gasteiger partial charge in [0.15, 0.2) is 11.6 Å². The van der Waals surface area contributed by atoms with E-state index in [1.807, 2.05) is 12.1 Å². The molecule has 1 aliphatic heterocycles. The van der Waals surface area contributed by atoms with Gasteiger partial charge >= 0.3 is 6.03 Å². The van der Waals surface area contributed by atoms with Crippen molar-refractivity contribution >= 4 is 11.9 Å². The summed E-state index contributed by atoms with van der Waals surface area (Å²) in [5.41, 5.74) is 0.943. The first kappa shape index (κ1) is 17.8. The van der Waals surface area contributed by atoms with Crippen LogP contribution in [0.2, 0.25) is 0 Å². The summed E-state index contributed by atoms with van der Waals surface area (Å²) in [6, 6.07) is 9.36. The Labute approximate surface area is 151 Å². The predicted molar refractivity (Wildman–Crippen MR) is 92.9 cm³/mol. The summed E-state index contributed by atoms with van der Waals surface area (Å²) < 4.78 is 19.3. The van der Waals surface area contributed by atoms with Gasteiger partial charge in [-0.2, -0.15) is 0 Å². The highest BCUT2D eigenvalue weighted by atomic mass is 19.1. The number of imide groups is 1. The summed E-state index contributed by atoms with van der Waals surface area (Å²) in [6.45, 7) is 2.56. The van der Waals surface area contributed by atoms with Crippen LogP contribution in [-0.4, -0.2) is 45.9 Å². The molecule has 0 spiro atoms. The van der Waals surface area contributed by atoms with Gasteiger partial charge in [0.2, 0.25) is 5.91 Å². The highest BCUT2D eigenvalue weighted by Gasteiger charge is 2.33. The third-order valence-electron chi connectivity index (χ3n) is 4.13. The first-order valence-electron chi connectivity index (χ1n) is 8.44. The maximum atomic E-state index is 13.7. The third kappa shape index (κ3) is 4.17. The molecule has 0 bridgehead atoms. The van der Waals surface area contributed by atoms with E-state index < -0.39 is 11.9 Å². The van der Waals surface area contributed by atoms with Crippen molar-refractivity contribution in [3.05, 3.63) is 60.2 Å². The lowest BCUT2D eigenvalue weighted by molar-refractivity contribution is -0.132. The van der Waals surface area contributed by atoms with Crippen molar-refractivity contribution in [2.75, 3.05) is 13.1 Å². The van der Waals surface area contributed by atoms with Crippen LogP contribution in [0.3, 0.4) is 0 Å². The van der Waals surface area contributed by atoms with Gasteiger partial charge in [0, 0.05) is 31.9 Å². The molecule has 1 atom stereocenters. The first-order chi connectivity index (χ1) is 12.5. The van der Waals surface area contributed by atoms with Gasteiger partial charge in [0.05, 0.1) is 6.54 Å². The zero-order chi connectivity index (χ0) is 18.5. The van der Waals surface area contributed by atoms with Crippen LogP contribution in [-0.2, 0) is 11.3 Å². The van der Waals surface area contributed by atoms with E-state index in [9.17, 15) is 14.0 Å². The second-order valence-corrected chi connectivity index (χ2v) is 6.17. The highest BCUT2D eigenvalue weighted by Crippen LogP contribution is 2.19. The molecule has 0 N–H and O–H groups in total. The van der Waals surface area contributed by atoms with Crippen LogP contribution >= 0.6 is 0 Å². The van der Waals surface area contributed by atoms with E-state index in [0.29, 0.717) is 13.1 Å². The molecule has 0 saturated carbocycles. The van der Waals surface area contributed by atoms with Gasteiger partial charge in [0.1, 0.15) is 6.10 Å². The number of carbonyl (C=O) groups excluding carboxylic acids is 2. The SMILES string of the molecule is CC(CN1C(=O)CCN(Cc2ccncc2)C1=O)Oc1ccccc1F. The molecule has 136 valence electrons. The molecule has 3 amide bonds. The molecule has 1 aromatic carbocycles. The Bertz CT molecular complexity index is 785. The summed E-state index contributed by atoms with van der Waals surface area (Å²) in [6.07, 6.45) is 3.05. The number of carbonyl (C=O) groups is 2. The highest BCUT2D eigenvalue weighted by molar-refractivity contribution is 5.96. The Kier molecular flexibility index (Phi) is 5.46. The van der Waals surface area contributed by atoms with Crippen molar-refractivity contribution in [3.8, 4) is 5.75 Å². The van der Waals surface area contributed by atoms with E-state index in [1.165, 1.54) is 17.0 Å². The molecule has 1 unspecified atom stereocenters. The Morgan fingerprint density at radius 1 is 1.19 bits per heavy atom. The van der Waals surface area contributed by atoms with E-state index in [-0.39, 0.29) is 30.7 Å². The number of benzene rings is 1. The Morgan fingerprint density at radius 3 is 2.65 bits per heavy atom. The second-order valence-electron chi connectivity index (χ2n) is 6.17. The average Bonchev–Trinajstić information content (AvgIpc) is 2.64. The predicted octanol–water partition coefficient (Wildman–Crippen LogP) is 2.84. The topological polar surface area (TPSA) is 62.7 Å². The number of para-hydroxylation sites is 1. The number of ether oxygens (including phenoxy) is 1. The summed E-state index contributed by atoms with van der Waals surface area (Å²) in [4.78, 5) is 31.6. The minimum Gasteiger partial charge on any atom is -0.486 e. The number of rotatable bonds is 6. The third-order valence-corrected chi connectivity index (χ3v) is 4.13. The monoisotopic (exact) mass is 357 g/mol. The first-order valence-corrected chi connectivity index (χ1v) is 8.44. The number of nitrogens with zero attached hydrogens (tertiary/aromatic N) is 3. The summed E-state index contributed by atoms with van der Waals surface area (Å²) in [5.74, 6) is -0.620. The normalized spacial score (nSPS) is 15.9. The molecule has 2 aromatic rings. The van der Waals surface area contributed by atoms with E-state index in [1.54, 1.807) is 36.4 Å². The number of urea groups is 1. The molecule has 1 aromatic heterocycles. The summed E-state index contributed by atoms with van der Waals surface area (Å²) in [7, 11) is 0. The molecule has 6 nitrogen and oxygen atoms in total. The van der Waals surface area contributed by atoms with E-state index >= 15 is 0 Å². The fourth-order valence-corrected chi connectivity index (χ4v) is 2.83. The van der Waals surface area contributed by atoms with Gasteiger partial charge in [0.25, 0.3) is 0 Å². The summed E-state index contributed by atoms with van der Waals surface area (Å²) >= 11 is 0. The van der Waals surface area contributed by atoms with Crippen molar-refractivity contribution < 1.29 is 18.7 Å². The fraction of sp³-hybridized carbons (Fsp3) is 0.316. The van der Waals surface area contributed by atoms with Crippen LogP contribution < -0.4 is 4.74 Å². The van der Waals surface area contributed by atoms with Gasteiger partial charge in [-0.05, 0) is 36.8 Å². The molecular formula is C19H20FN3O3.